The Labute approximate surface area is 206 Å². The van der Waals surface area contributed by atoms with Gasteiger partial charge in [0.05, 0.1) is 11.2 Å². The number of nitrogens with one attached hydrogen (secondary N) is 1. The molecule has 5 heteroatoms. The highest BCUT2D eigenvalue weighted by Crippen LogP contribution is 2.38. The molecular formula is C30H29BN2O2. The van der Waals surface area contributed by atoms with Gasteiger partial charge in [-0.3, -0.25) is 0 Å². The zero-order valence-corrected chi connectivity index (χ0v) is 20.6. The fourth-order valence-corrected chi connectivity index (χ4v) is 4.93. The Hall–Kier alpha value is -3.54. The van der Waals surface area contributed by atoms with Gasteiger partial charge in [0.25, 0.3) is 0 Å². The predicted molar refractivity (Wildman–Crippen MR) is 149 cm³/mol. The Bertz CT molecular complexity index is 1590. The maximum atomic E-state index is 6.33. The van der Waals surface area contributed by atoms with E-state index >= 15 is 0 Å². The van der Waals surface area contributed by atoms with Crippen LogP contribution < -0.4 is 16.5 Å². The maximum Gasteiger partial charge on any atom is 0.494 e. The van der Waals surface area contributed by atoms with E-state index in [0.717, 1.165) is 16.8 Å². The normalized spacial score (nSPS) is 16.9. The number of nitrogen functional groups attached to an aromatic ring is 1. The molecule has 35 heavy (non-hydrogen) atoms. The number of benzene rings is 5. The molecule has 0 amide bonds. The van der Waals surface area contributed by atoms with Crippen molar-refractivity contribution in [3.05, 3.63) is 84.9 Å². The van der Waals surface area contributed by atoms with E-state index in [1.54, 1.807) is 0 Å². The molecule has 3 N–H and O–H groups in total. The minimum absolute atomic E-state index is 0.410. The van der Waals surface area contributed by atoms with Crippen LogP contribution in [0.2, 0.25) is 0 Å². The molecule has 0 atom stereocenters. The third-order valence-corrected chi connectivity index (χ3v) is 7.51. The number of hydrogen-bond donors (Lipinski definition) is 2. The number of rotatable bonds is 3. The highest BCUT2D eigenvalue weighted by molar-refractivity contribution is 6.62. The minimum atomic E-state index is -0.469. The van der Waals surface area contributed by atoms with Crippen molar-refractivity contribution in [1.29, 1.82) is 0 Å². The van der Waals surface area contributed by atoms with Crippen molar-refractivity contribution in [2.24, 2.45) is 0 Å². The summed E-state index contributed by atoms with van der Waals surface area (Å²) in [5.74, 6) is 0. The minimum Gasteiger partial charge on any atom is -0.399 e. The van der Waals surface area contributed by atoms with Gasteiger partial charge in [0.15, 0.2) is 0 Å². The van der Waals surface area contributed by atoms with Crippen LogP contribution in [0.3, 0.4) is 0 Å². The first-order valence-corrected chi connectivity index (χ1v) is 12.1. The zero-order chi connectivity index (χ0) is 24.4. The quantitative estimate of drug-likeness (QED) is 0.135. The summed E-state index contributed by atoms with van der Waals surface area (Å²) in [6, 6.07) is 29.7. The third-order valence-electron chi connectivity index (χ3n) is 7.51. The molecule has 1 aliphatic heterocycles. The van der Waals surface area contributed by atoms with Gasteiger partial charge >= 0.3 is 7.12 Å². The fraction of sp³-hybridized carbons (Fsp3) is 0.200. The number of nitrogens with two attached hydrogens (primary N) is 1. The van der Waals surface area contributed by atoms with Crippen LogP contribution in [0.1, 0.15) is 27.7 Å². The van der Waals surface area contributed by atoms with E-state index in [2.05, 4.69) is 106 Å². The van der Waals surface area contributed by atoms with E-state index < -0.39 is 18.3 Å². The van der Waals surface area contributed by atoms with E-state index in [4.69, 9.17) is 15.0 Å². The molecule has 5 aromatic rings. The Morgan fingerprint density at radius 3 is 2.09 bits per heavy atom. The average Bonchev–Trinajstić information content (AvgIpc) is 3.04. The Kier molecular flexibility index (Phi) is 4.86. The van der Waals surface area contributed by atoms with Crippen LogP contribution >= 0.6 is 0 Å². The van der Waals surface area contributed by atoms with Crippen molar-refractivity contribution in [3.63, 3.8) is 0 Å². The lowest BCUT2D eigenvalue weighted by Gasteiger charge is -2.32. The lowest BCUT2D eigenvalue weighted by atomic mass is 9.78. The second-order valence-corrected chi connectivity index (χ2v) is 10.5. The van der Waals surface area contributed by atoms with Gasteiger partial charge in [0.1, 0.15) is 0 Å². The molecule has 0 aromatic heterocycles. The van der Waals surface area contributed by atoms with Gasteiger partial charge in [-0.05, 0) is 96.5 Å². The predicted octanol–water partition coefficient (Wildman–Crippen LogP) is 6.77. The standard InChI is InChI=1S/C30H29BN2O2/c1-29(2)30(3,4)35-31(34-29)23-16-24(32)18-25(17-23)33-27-11-7-10-19-12-13-22-14-20-8-5-6-9-21(20)15-26(22)28(19)27/h5-18,33H,32H2,1-4H3. The summed E-state index contributed by atoms with van der Waals surface area (Å²) in [6.45, 7) is 8.24. The summed E-state index contributed by atoms with van der Waals surface area (Å²) in [5, 5.41) is 10.9. The van der Waals surface area contributed by atoms with Crippen molar-refractivity contribution in [2.75, 3.05) is 11.1 Å². The Morgan fingerprint density at radius 1 is 0.686 bits per heavy atom. The summed E-state index contributed by atoms with van der Waals surface area (Å²) in [4.78, 5) is 0. The summed E-state index contributed by atoms with van der Waals surface area (Å²) in [7, 11) is -0.469. The van der Waals surface area contributed by atoms with E-state index in [0.29, 0.717) is 5.69 Å². The van der Waals surface area contributed by atoms with Crippen LogP contribution in [0.25, 0.3) is 32.3 Å². The summed E-state index contributed by atoms with van der Waals surface area (Å²) in [6.07, 6.45) is 0. The highest BCUT2D eigenvalue weighted by atomic mass is 16.7. The van der Waals surface area contributed by atoms with Gasteiger partial charge in [-0.1, -0.05) is 48.5 Å². The summed E-state index contributed by atoms with van der Waals surface area (Å²) < 4.78 is 12.5. The number of hydrogen-bond acceptors (Lipinski definition) is 4. The Morgan fingerprint density at radius 2 is 1.34 bits per heavy atom. The van der Waals surface area contributed by atoms with Gasteiger partial charge in [0, 0.05) is 22.4 Å². The van der Waals surface area contributed by atoms with Crippen molar-refractivity contribution >= 4 is 62.0 Å². The molecule has 1 saturated heterocycles. The van der Waals surface area contributed by atoms with Gasteiger partial charge < -0.3 is 20.4 Å². The molecule has 4 nitrogen and oxygen atoms in total. The van der Waals surface area contributed by atoms with Gasteiger partial charge in [-0.2, -0.15) is 0 Å². The second kappa shape index (κ2) is 7.74. The average molecular weight is 460 g/mol. The lowest BCUT2D eigenvalue weighted by molar-refractivity contribution is 0.00578. The molecule has 0 bridgehead atoms. The van der Waals surface area contributed by atoms with Gasteiger partial charge in [-0.15, -0.1) is 0 Å². The van der Waals surface area contributed by atoms with Crippen LogP contribution in [0.4, 0.5) is 17.1 Å². The maximum absolute atomic E-state index is 6.33. The van der Waals surface area contributed by atoms with Crippen molar-refractivity contribution in [2.45, 2.75) is 38.9 Å². The molecule has 0 aliphatic carbocycles. The van der Waals surface area contributed by atoms with Crippen molar-refractivity contribution in [3.8, 4) is 0 Å². The highest BCUT2D eigenvalue weighted by Gasteiger charge is 2.51. The molecule has 0 unspecified atom stereocenters. The van der Waals surface area contributed by atoms with Crippen LogP contribution in [0.15, 0.2) is 84.9 Å². The molecule has 0 radical (unpaired) electrons. The van der Waals surface area contributed by atoms with Gasteiger partial charge in [-0.25, -0.2) is 0 Å². The smallest absolute Gasteiger partial charge is 0.399 e. The summed E-state index contributed by atoms with van der Waals surface area (Å²) in [5.41, 5.74) is 9.02. The molecule has 0 spiro atoms. The molecule has 6 rings (SSSR count). The van der Waals surface area contributed by atoms with E-state index in [9.17, 15) is 0 Å². The monoisotopic (exact) mass is 460 g/mol. The zero-order valence-electron chi connectivity index (χ0n) is 20.6. The van der Waals surface area contributed by atoms with Crippen molar-refractivity contribution in [1.82, 2.24) is 0 Å². The lowest BCUT2D eigenvalue weighted by Crippen LogP contribution is -2.41. The van der Waals surface area contributed by atoms with Crippen LogP contribution in [-0.4, -0.2) is 18.3 Å². The largest absolute Gasteiger partial charge is 0.494 e. The third kappa shape index (κ3) is 3.72. The SMILES string of the molecule is CC1(C)OB(c2cc(N)cc(Nc3cccc4ccc5cc6ccccc6cc5c34)c2)OC1(C)C. The van der Waals surface area contributed by atoms with Gasteiger partial charge in [0.2, 0.25) is 0 Å². The number of anilines is 3. The fourth-order valence-electron chi connectivity index (χ4n) is 4.93. The summed E-state index contributed by atoms with van der Waals surface area (Å²) >= 11 is 0. The first-order valence-electron chi connectivity index (χ1n) is 12.1. The molecule has 1 fully saturated rings. The topological polar surface area (TPSA) is 56.5 Å². The molecular weight excluding hydrogens is 431 g/mol. The second-order valence-electron chi connectivity index (χ2n) is 10.5. The first-order chi connectivity index (χ1) is 16.7. The van der Waals surface area contributed by atoms with E-state index in [-0.39, 0.29) is 0 Å². The van der Waals surface area contributed by atoms with Crippen molar-refractivity contribution < 1.29 is 9.31 Å². The van der Waals surface area contributed by atoms with E-state index in [1.807, 2.05) is 12.1 Å². The van der Waals surface area contributed by atoms with Crippen LogP contribution in [0.5, 0.6) is 0 Å². The molecule has 1 aliphatic rings. The number of fused-ring (bicyclic) bond motifs is 4. The van der Waals surface area contributed by atoms with E-state index in [1.165, 1.54) is 32.3 Å². The first kappa shape index (κ1) is 22.0. The van der Waals surface area contributed by atoms with Crippen LogP contribution in [-0.2, 0) is 9.31 Å². The molecule has 1 heterocycles. The Balaban J connectivity index is 1.45. The molecule has 5 aromatic carbocycles. The molecule has 174 valence electrons. The molecule has 0 saturated carbocycles. The van der Waals surface area contributed by atoms with Crippen LogP contribution in [0, 0.1) is 0 Å².